The zero-order valence-corrected chi connectivity index (χ0v) is 11.6. The Morgan fingerprint density at radius 1 is 1.47 bits per heavy atom. The van der Waals surface area contributed by atoms with Gasteiger partial charge in [-0.3, -0.25) is 14.7 Å². The molecule has 1 rings (SSSR count). The third-order valence-electron chi connectivity index (χ3n) is 2.76. The third-order valence-corrected chi connectivity index (χ3v) is 2.76. The Balaban J connectivity index is 2.50. The Bertz CT molecular complexity index is 440. The predicted octanol–water partition coefficient (Wildman–Crippen LogP) is 1.58. The first-order chi connectivity index (χ1) is 8.88. The fourth-order valence-electron chi connectivity index (χ4n) is 2.01. The van der Waals surface area contributed by atoms with E-state index in [2.05, 4.69) is 15.5 Å². The molecule has 0 radical (unpaired) electrons. The highest BCUT2D eigenvalue weighted by Crippen LogP contribution is 2.14. The lowest BCUT2D eigenvalue weighted by molar-refractivity contribution is -0.138. The molecule has 1 unspecified atom stereocenters. The average Bonchev–Trinajstić information content (AvgIpc) is 2.71. The Kier molecular flexibility index (Phi) is 5.54. The lowest BCUT2D eigenvalue weighted by Crippen LogP contribution is -2.31. The molecule has 0 aliphatic carbocycles. The molecule has 3 N–H and O–H groups in total. The van der Waals surface area contributed by atoms with E-state index in [1.54, 1.807) is 6.07 Å². The van der Waals surface area contributed by atoms with Crippen LogP contribution in [-0.2, 0) is 4.79 Å². The zero-order chi connectivity index (χ0) is 14.4. The minimum atomic E-state index is -0.837. The number of aromatic nitrogens is 2. The maximum Gasteiger partial charge on any atom is 0.303 e. The average molecular weight is 267 g/mol. The monoisotopic (exact) mass is 267 g/mol. The zero-order valence-electron chi connectivity index (χ0n) is 11.6. The van der Waals surface area contributed by atoms with E-state index >= 15 is 0 Å². The molecule has 1 aromatic heterocycles. The van der Waals surface area contributed by atoms with Crippen LogP contribution in [0, 0.1) is 18.8 Å². The molecule has 6 nitrogen and oxygen atoms in total. The van der Waals surface area contributed by atoms with E-state index in [1.807, 2.05) is 20.8 Å². The standard InChI is InChI=1S/C13H21N3O3/c1-8(2)4-10(6-12(17)18)7-14-13(19)11-5-9(3)15-16-11/h5,8,10H,4,6-7H2,1-3H3,(H,14,19)(H,15,16)(H,17,18). The number of aromatic amines is 1. The van der Waals surface area contributed by atoms with Crippen molar-refractivity contribution in [3.63, 3.8) is 0 Å². The van der Waals surface area contributed by atoms with Crippen LogP contribution >= 0.6 is 0 Å². The van der Waals surface area contributed by atoms with Crippen molar-refractivity contribution < 1.29 is 14.7 Å². The summed E-state index contributed by atoms with van der Waals surface area (Å²) in [5.41, 5.74) is 1.14. The first kappa shape index (κ1) is 15.2. The van der Waals surface area contributed by atoms with Crippen molar-refractivity contribution in [3.05, 3.63) is 17.5 Å². The van der Waals surface area contributed by atoms with E-state index in [0.717, 1.165) is 12.1 Å². The first-order valence-electron chi connectivity index (χ1n) is 6.40. The number of carbonyl (C=O) groups is 2. The number of H-pyrrole nitrogens is 1. The van der Waals surface area contributed by atoms with Crippen molar-refractivity contribution in [2.45, 2.75) is 33.6 Å². The summed E-state index contributed by atoms with van der Waals surface area (Å²) >= 11 is 0. The largest absolute Gasteiger partial charge is 0.481 e. The summed E-state index contributed by atoms with van der Waals surface area (Å²) in [7, 11) is 0. The number of aliphatic carboxylic acids is 1. The molecule has 6 heteroatoms. The number of rotatable bonds is 7. The van der Waals surface area contributed by atoms with E-state index in [-0.39, 0.29) is 18.2 Å². The molecule has 1 aromatic rings. The van der Waals surface area contributed by atoms with Crippen LogP contribution in [0.25, 0.3) is 0 Å². The number of carbonyl (C=O) groups excluding carboxylic acids is 1. The molecule has 0 saturated carbocycles. The summed E-state index contributed by atoms with van der Waals surface area (Å²) < 4.78 is 0. The van der Waals surface area contributed by atoms with Crippen molar-refractivity contribution in [1.82, 2.24) is 15.5 Å². The second kappa shape index (κ2) is 6.92. The molecular weight excluding hydrogens is 246 g/mol. The summed E-state index contributed by atoms with van der Waals surface area (Å²) in [6.07, 6.45) is 0.838. The van der Waals surface area contributed by atoms with E-state index in [9.17, 15) is 9.59 Å². The second-order valence-corrected chi connectivity index (χ2v) is 5.24. The molecule has 1 heterocycles. The maximum absolute atomic E-state index is 11.8. The summed E-state index contributed by atoms with van der Waals surface area (Å²) in [6, 6.07) is 1.66. The molecule has 0 aromatic carbocycles. The maximum atomic E-state index is 11.8. The topological polar surface area (TPSA) is 95.1 Å². The van der Waals surface area contributed by atoms with Crippen LogP contribution in [-0.4, -0.2) is 33.7 Å². The van der Waals surface area contributed by atoms with Crippen molar-refractivity contribution >= 4 is 11.9 Å². The summed E-state index contributed by atoms with van der Waals surface area (Å²) in [6.45, 7) is 6.24. The molecule has 0 aliphatic heterocycles. The summed E-state index contributed by atoms with van der Waals surface area (Å²) in [5.74, 6) is -0.769. The normalized spacial score (nSPS) is 12.4. The minimum absolute atomic E-state index is 0.0542. The molecular formula is C13H21N3O3. The van der Waals surface area contributed by atoms with E-state index in [1.165, 1.54) is 0 Å². The van der Waals surface area contributed by atoms with Crippen LogP contribution in [0.2, 0.25) is 0 Å². The smallest absolute Gasteiger partial charge is 0.303 e. The number of amides is 1. The highest BCUT2D eigenvalue weighted by atomic mass is 16.4. The quantitative estimate of drug-likeness (QED) is 0.699. The molecule has 0 aliphatic rings. The fourth-order valence-corrected chi connectivity index (χ4v) is 2.01. The van der Waals surface area contributed by atoms with Crippen LogP contribution in [0.3, 0.4) is 0 Å². The number of hydrogen-bond donors (Lipinski definition) is 3. The van der Waals surface area contributed by atoms with Crippen molar-refractivity contribution in [1.29, 1.82) is 0 Å². The Morgan fingerprint density at radius 3 is 2.63 bits per heavy atom. The lowest BCUT2D eigenvalue weighted by atomic mass is 9.94. The number of aryl methyl sites for hydroxylation is 1. The van der Waals surface area contributed by atoms with E-state index in [0.29, 0.717) is 18.2 Å². The Hall–Kier alpha value is -1.85. The highest BCUT2D eigenvalue weighted by Gasteiger charge is 2.17. The molecule has 0 fully saturated rings. The van der Waals surface area contributed by atoms with Gasteiger partial charge in [0.15, 0.2) is 0 Å². The van der Waals surface area contributed by atoms with Gasteiger partial charge in [0, 0.05) is 18.7 Å². The number of carboxylic acid groups (broad SMARTS) is 1. The van der Waals surface area contributed by atoms with Gasteiger partial charge >= 0.3 is 5.97 Å². The van der Waals surface area contributed by atoms with Crippen molar-refractivity contribution in [2.75, 3.05) is 6.54 Å². The number of hydrogen-bond acceptors (Lipinski definition) is 3. The second-order valence-electron chi connectivity index (χ2n) is 5.24. The molecule has 0 saturated heterocycles. The highest BCUT2D eigenvalue weighted by molar-refractivity contribution is 5.92. The first-order valence-corrected chi connectivity index (χ1v) is 6.40. The van der Waals surface area contributed by atoms with Crippen molar-refractivity contribution in [2.24, 2.45) is 11.8 Å². The van der Waals surface area contributed by atoms with Gasteiger partial charge < -0.3 is 10.4 Å². The van der Waals surface area contributed by atoms with Gasteiger partial charge in [-0.05, 0) is 31.2 Å². The van der Waals surface area contributed by atoms with E-state index < -0.39 is 5.97 Å². The van der Waals surface area contributed by atoms with Gasteiger partial charge in [-0.15, -0.1) is 0 Å². The van der Waals surface area contributed by atoms with Crippen molar-refractivity contribution in [3.8, 4) is 0 Å². The minimum Gasteiger partial charge on any atom is -0.481 e. The van der Waals surface area contributed by atoms with Gasteiger partial charge in [-0.25, -0.2) is 0 Å². The third kappa shape index (κ3) is 5.54. The van der Waals surface area contributed by atoms with Gasteiger partial charge in [-0.2, -0.15) is 5.10 Å². The Labute approximate surface area is 112 Å². The fraction of sp³-hybridized carbons (Fsp3) is 0.615. The molecule has 0 bridgehead atoms. The number of carboxylic acids is 1. The predicted molar refractivity (Wildman–Crippen MR) is 70.9 cm³/mol. The Morgan fingerprint density at radius 2 is 2.16 bits per heavy atom. The van der Waals surface area contributed by atoms with Crippen LogP contribution < -0.4 is 5.32 Å². The van der Waals surface area contributed by atoms with Crippen LogP contribution in [0.5, 0.6) is 0 Å². The van der Waals surface area contributed by atoms with E-state index in [4.69, 9.17) is 5.11 Å². The number of nitrogens with zero attached hydrogens (tertiary/aromatic N) is 1. The van der Waals surface area contributed by atoms with Crippen LogP contribution in [0.4, 0.5) is 0 Å². The van der Waals surface area contributed by atoms with Gasteiger partial charge in [0.25, 0.3) is 5.91 Å². The van der Waals surface area contributed by atoms with Gasteiger partial charge in [0.05, 0.1) is 0 Å². The summed E-state index contributed by atoms with van der Waals surface area (Å²) in [5, 5.41) is 18.1. The van der Waals surface area contributed by atoms with Gasteiger partial charge in [-0.1, -0.05) is 13.8 Å². The lowest BCUT2D eigenvalue weighted by Gasteiger charge is -2.17. The molecule has 1 atom stereocenters. The van der Waals surface area contributed by atoms with Gasteiger partial charge in [0.2, 0.25) is 0 Å². The van der Waals surface area contributed by atoms with Gasteiger partial charge in [0.1, 0.15) is 5.69 Å². The number of nitrogens with one attached hydrogen (secondary N) is 2. The molecule has 0 spiro atoms. The molecule has 19 heavy (non-hydrogen) atoms. The van der Waals surface area contributed by atoms with Crippen LogP contribution in [0.15, 0.2) is 6.07 Å². The molecule has 1 amide bonds. The summed E-state index contributed by atoms with van der Waals surface area (Å²) in [4.78, 5) is 22.6. The molecule has 106 valence electrons. The van der Waals surface area contributed by atoms with Crippen LogP contribution in [0.1, 0.15) is 42.9 Å². The SMILES string of the molecule is Cc1cc(C(=O)NCC(CC(=O)O)CC(C)C)n[nH]1.